The summed E-state index contributed by atoms with van der Waals surface area (Å²) in [6, 6.07) is 9.80. The highest BCUT2D eigenvalue weighted by Crippen LogP contribution is 2.38. The zero-order valence-corrected chi connectivity index (χ0v) is 17.6. The Morgan fingerprint density at radius 3 is 2.13 bits per heavy atom. The summed E-state index contributed by atoms with van der Waals surface area (Å²) in [7, 11) is 4.44. The fourth-order valence-corrected chi connectivity index (χ4v) is 2.76. The van der Waals surface area contributed by atoms with Crippen LogP contribution in [-0.2, 0) is 20.7 Å². The van der Waals surface area contributed by atoms with Crippen LogP contribution in [0, 0.1) is 0 Å². The molecular weight excluding hydrogens is 390 g/mol. The Kier molecular flexibility index (Phi) is 7.80. The Hall–Kier alpha value is -3.55. The molecule has 0 saturated heterocycles. The SMILES string of the molecule is COc1cc(CC(=O)O[C@H](C)C(=O)Nc2cccc(C(C)=O)c2)cc(OC)c1OC. The lowest BCUT2D eigenvalue weighted by Crippen LogP contribution is -2.30. The fraction of sp³-hybridized carbons (Fsp3) is 0.318. The standard InChI is InChI=1S/C22H25NO7/c1-13(24)16-7-6-8-17(12-16)23-22(26)14(2)30-20(25)11-15-9-18(27-3)21(29-5)19(10-15)28-4/h6-10,12,14H,11H2,1-5H3,(H,23,26)/t14-/m1/s1. The van der Waals surface area contributed by atoms with Crippen molar-refractivity contribution in [3.8, 4) is 17.2 Å². The molecule has 2 rings (SSSR count). The number of hydrogen-bond donors (Lipinski definition) is 1. The minimum absolute atomic E-state index is 0.0891. The lowest BCUT2D eigenvalue weighted by Gasteiger charge is -2.16. The number of methoxy groups -OCH3 is 3. The number of ketones is 1. The van der Waals surface area contributed by atoms with Gasteiger partial charge in [-0.3, -0.25) is 14.4 Å². The second-order valence-electron chi connectivity index (χ2n) is 6.47. The van der Waals surface area contributed by atoms with E-state index in [4.69, 9.17) is 18.9 Å². The van der Waals surface area contributed by atoms with E-state index < -0.39 is 18.0 Å². The van der Waals surface area contributed by atoms with Crippen LogP contribution in [0.2, 0.25) is 0 Å². The molecule has 2 aromatic rings. The summed E-state index contributed by atoms with van der Waals surface area (Å²) in [4.78, 5) is 36.1. The Morgan fingerprint density at radius 2 is 1.60 bits per heavy atom. The van der Waals surface area contributed by atoms with Gasteiger partial charge in [0.05, 0.1) is 27.8 Å². The molecule has 0 aromatic heterocycles. The van der Waals surface area contributed by atoms with Crippen LogP contribution in [0.1, 0.15) is 29.8 Å². The minimum Gasteiger partial charge on any atom is -0.493 e. The van der Waals surface area contributed by atoms with Crippen LogP contribution < -0.4 is 19.5 Å². The van der Waals surface area contributed by atoms with Crippen molar-refractivity contribution in [3.63, 3.8) is 0 Å². The number of nitrogens with one attached hydrogen (secondary N) is 1. The molecule has 1 atom stereocenters. The molecule has 0 radical (unpaired) electrons. The van der Waals surface area contributed by atoms with Crippen molar-refractivity contribution in [2.75, 3.05) is 26.6 Å². The van der Waals surface area contributed by atoms with Gasteiger partial charge in [-0.05, 0) is 43.7 Å². The van der Waals surface area contributed by atoms with Crippen molar-refractivity contribution in [1.29, 1.82) is 0 Å². The van der Waals surface area contributed by atoms with Gasteiger partial charge < -0.3 is 24.3 Å². The first-order valence-corrected chi connectivity index (χ1v) is 9.19. The lowest BCUT2D eigenvalue weighted by atomic mass is 10.1. The number of anilines is 1. The third-order valence-electron chi connectivity index (χ3n) is 4.29. The minimum atomic E-state index is -1.03. The molecule has 0 aliphatic heterocycles. The third-order valence-corrected chi connectivity index (χ3v) is 4.29. The number of hydrogen-bond acceptors (Lipinski definition) is 7. The van der Waals surface area contributed by atoms with Gasteiger partial charge >= 0.3 is 5.97 Å². The van der Waals surface area contributed by atoms with E-state index in [1.54, 1.807) is 36.4 Å². The topological polar surface area (TPSA) is 100 Å². The van der Waals surface area contributed by atoms with E-state index in [-0.39, 0.29) is 12.2 Å². The van der Waals surface area contributed by atoms with Crippen LogP contribution in [0.3, 0.4) is 0 Å². The zero-order valence-electron chi connectivity index (χ0n) is 17.6. The smallest absolute Gasteiger partial charge is 0.311 e. The average Bonchev–Trinajstić information content (AvgIpc) is 2.72. The number of ether oxygens (including phenoxy) is 4. The van der Waals surface area contributed by atoms with E-state index in [9.17, 15) is 14.4 Å². The summed E-state index contributed by atoms with van der Waals surface area (Å²) in [6.07, 6.45) is -1.12. The van der Waals surface area contributed by atoms with E-state index in [1.807, 2.05) is 0 Å². The number of amides is 1. The van der Waals surface area contributed by atoms with Gasteiger partial charge in [0.1, 0.15) is 0 Å². The maximum atomic E-state index is 12.3. The van der Waals surface area contributed by atoms with E-state index in [1.165, 1.54) is 35.2 Å². The Bertz CT molecular complexity index is 914. The summed E-state index contributed by atoms with van der Waals surface area (Å²) in [5.74, 6) is 0.0264. The molecule has 8 heteroatoms. The molecule has 160 valence electrons. The number of benzene rings is 2. The highest BCUT2D eigenvalue weighted by atomic mass is 16.5. The maximum absolute atomic E-state index is 12.3. The Balaban J connectivity index is 2.03. The first-order chi connectivity index (χ1) is 14.3. The van der Waals surface area contributed by atoms with Gasteiger partial charge in [-0.15, -0.1) is 0 Å². The molecule has 0 heterocycles. The molecule has 0 bridgehead atoms. The highest BCUT2D eigenvalue weighted by Gasteiger charge is 2.20. The van der Waals surface area contributed by atoms with Crippen LogP contribution in [0.5, 0.6) is 17.2 Å². The van der Waals surface area contributed by atoms with Crippen LogP contribution in [-0.4, -0.2) is 45.1 Å². The molecular formula is C22H25NO7. The summed E-state index contributed by atoms with van der Waals surface area (Å²) >= 11 is 0. The van der Waals surface area contributed by atoms with Gasteiger partial charge in [0, 0.05) is 11.3 Å². The molecule has 0 saturated carbocycles. The predicted octanol–water partition coefficient (Wildman–Crippen LogP) is 3.03. The molecule has 0 unspecified atom stereocenters. The first-order valence-electron chi connectivity index (χ1n) is 9.19. The van der Waals surface area contributed by atoms with Crippen LogP contribution >= 0.6 is 0 Å². The van der Waals surface area contributed by atoms with Crippen molar-refractivity contribution in [2.45, 2.75) is 26.4 Å². The van der Waals surface area contributed by atoms with E-state index in [2.05, 4.69) is 5.32 Å². The highest BCUT2D eigenvalue weighted by molar-refractivity contribution is 5.98. The monoisotopic (exact) mass is 415 g/mol. The Labute approximate surface area is 175 Å². The molecule has 0 spiro atoms. The van der Waals surface area contributed by atoms with Crippen molar-refractivity contribution >= 4 is 23.3 Å². The van der Waals surface area contributed by atoms with Gasteiger partial charge in [-0.1, -0.05) is 12.1 Å². The number of carbonyl (C=O) groups is 3. The predicted molar refractivity (Wildman–Crippen MR) is 110 cm³/mol. The lowest BCUT2D eigenvalue weighted by molar-refractivity contribution is -0.152. The van der Waals surface area contributed by atoms with Crippen molar-refractivity contribution in [2.24, 2.45) is 0 Å². The number of rotatable bonds is 9. The van der Waals surface area contributed by atoms with Gasteiger partial charge in [0.15, 0.2) is 23.4 Å². The van der Waals surface area contributed by atoms with Crippen LogP contribution in [0.25, 0.3) is 0 Å². The third kappa shape index (κ3) is 5.73. The first kappa shape index (κ1) is 22.7. The van der Waals surface area contributed by atoms with Gasteiger partial charge in [-0.2, -0.15) is 0 Å². The van der Waals surface area contributed by atoms with Crippen molar-refractivity contribution in [1.82, 2.24) is 0 Å². The quantitative estimate of drug-likeness (QED) is 0.496. The van der Waals surface area contributed by atoms with E-state index in [0.29, 0.717) is 34.1 Å². The summed E-state index contributed by atoms with van der Waals surface area (Å²) in [5.41, 5.74) is 1.50. The number of carbonyl (C=O) groups excluding carboxylic acids is 3. The molecule has 0 aliphatic carbocycles. The molecule has 1 N–H and O–H groups in total. The van der Waals surface area contributed by atoms with Crippen molar-refractivity contribution in [3.05, 3.63) is 47.5 Å². The van der Waals surface area contributed by atoms with E-state index in [0.717, 1.165) is 0 Å². The van der Waals surface area contributed by atoms with E-state index >= 15 is 0 Å². The zero-order chi connectivity index (χ0) is 22.3. The summed E-state index contributed by atoms with van der Waals surface area (Å²) in [5, 5.41) is 2.63. The molecule has 0 fully saturated rings. The fourth-order valence-electron chi connectivity index (χ4n) is 2.76. The normalized spacial score (nSPS) is 11.2. The van der Waals surface area contributed by atoms with Crippen LogP contribution in [0.4, 0.5) is 5.69 Å². The Morgan fingerprint density at radius 1 is 0.967 bits per heavy atom. The molecule has 0 aliphatic rings. The molecule has 8 nitrogen and oxygen atoms in total. The molecule has 1 amide bonds. The molecule has 30 heavy (non-hydrogen) atoms. The second kappa shape index (κ2) is 10.3. The summed E-state index contributed by atoms with van der Waals surface area (Å²) < 4.78 is 21.0. The van der Waals surface area contributed by atoms with Gasteiger partial charge in [0.25, 0.3) is 5.91 Å². The number of esters is 1. The van der Waals surface area contributed by atoms with Crippen molar-refractivity contribution < 1.29 is 33.3 Å². The molecule has 2 aromatic carbocycles. The van der Waals surface area contributed by atoms with Gasteiger partial charge in [0.2, 0.25) is 5.75 Å². The van der Waals surface area contributed by atoms with Gasteiger partial charge in [-0.25, -0.2) is 0 Å². The maximum Gasteiger partial charge on any atom is 0.311 e. The van der Waals surface area contributed by atoms with Crippen LogP contribution in [0.15, 0.2) is 36.4 Å². The second-order valence-corrected chi connectivity index (χ2v) is 6.47. The average molecular weight is 415 g/mol. The summed E-state index contributed by atoms with van der Waals surface area (Å²) in [6.45, 7) is 2.91. The number of Topliss-reactive ketones (excluding diaryl/α,β-unsaturated/α-hetero) is 1. The largest absolute Gasteiger partial charge is 0.493 e.